The predicted octanol–water partition coefficient (Wildman–Crippen LogP) is 3.55. The Hall–Kier alpha value is -1.15. The van der Waals surface area contributed by atoms with Crippen molar-refractivity contribution >= 4 is 0 Å². The van der Waals surface area contributed by atoms with Gasteiger partial charge in [-0.05, 0) is 37.0 Å². The lowest BCUT2D eigenvalue weighted by molar-refractivity contribution is 0.212. The van der Waals surface area contributed by atoms with Crippen molar-refractivity contribution < 1.29 is 5.11 Å². The number of hydrogen-bond donors (Lipinski definition) is 2. The average molecular weight is 258 g/mol. The molecule has 0 unspecified atom stereocenters. The minimum absolute atomic E-state index is 0.231. The van der Waals surface area contributed by atoms with Crippen molar-refractivity contribution in [3.63, 3.8) is 0 Å². The molecule has 2 atom stereocenters. The Labute approximate surface area is 116 Å². The summed E-state index contributed by atoms with van der Waals surface area (Å²) in [6.45, 7) is 3.33. The van der Waals surface area contributed by atoms with Crippen LogP contribution in [0.4, 0.5) is 0 Å². The summed E-state index contributed by atoms with van der Waals surface area (Å²) in [4.78, 5) is 0. The Balaban J connectivity index is 2.00. The minimum atomic E-state index is 0.231. The molecule has 2 nitrogen and oxygen atoms in total. The quantitative estimate of drug-likeness (QED) is 0.755. The van der Waals surface area contributed by atoms with Crippen LogP contribution in [0.2, 0.25) is 0 Å². The molecule has 2 fully saturated rings. The van der Waals surface area contributed by atoms with E-state index in [1.807, 2.05) is 12.1 Å². The van der Waals surface area contributed by atoms with Gasteiger partial charge in [0.2, 0.25) is 0 Å². The Bertz CT molecular complexity index is 445. The zero-order valence-corrected chi connectivity index (χ0v) is 11.8. The molecule has 2 heteroatoms. The SMILES string of the molecule is C[C+]1CC[C@]2(c3cccc(O)c3)CCCC[C@H]2NC1. The van der Waals surface area contributed by atoms with Gasteiger partial charge in [-0.25, -0.2) is 0 Å². The van der Waals surface area contributed by atoms with Gasteiger partial charge in [0.05, 0.1) is 13.3 Å². The molecule has 3 rings (SSSR count). The highest BCUT2D eigenvalue weighted by molar-refractivity contribution is 5.36. The molecule has 0 radical (unpaired) electrons. The van der Waals surface area contributed by atoms with E-state index in [0.29, 0.717) is 11.8 Å². The molecular weight excluding hydrogens is 234 g/mol. The fourth-order valence-corrected chi connectivity index (χ4v) is 3.96. The van der Waals surface area contributed by atoms with Crippen LogP contribution in [0, 0.1) is 5.92 Å². The summed E-state index contributed by atoms with van der Waals surface area (Å²) in [5, 5.41) is 13.6. The number of phenols is 1. The van der Waals surface area contributed by atoms with E-state index in [0.717, 1.165) is 6.54 Å². The van der Waals surface area contributed by atoms with Crippen LogP contribution in [0.1, 0.15) is 51.0 Å². The smallest absolute Gasteiger partial charge is 0.141 e. The molecule has 0 spiro atoms. The number of hydrogen-bond acceptors (Lipinski definition) is 2. The summed E-state index contributed by atoms with van der Waals surface area (Å²) in [7, 11) is 0. The van der Waals surface area contributed by atoms with Crippen molar-refractivity contribution in [2.75, 3.05) is 6.54 Å². The van der Waals surface area contributed by atoms with Crippen molar-refractivity contribution in [1.82, 2.24) is 5.32 Å². The van der Waals surface area contributed by atoms with Crippen molar-refractivity contribution in [3.05, 3.63) is 35.7 Å². The zero-order valence-electron chi connectivity index (χ0n) is 11.8. The number of phenolic OH excluding ortho intramolecular Hbond substituents is 1. The van der Waals surface area contributed by atoms with E-state index < -0.39 is 0 Å². The van der Waals surface area contributed by atoms with Gasteiger partial charge in [0, 0.05) is 11.5 Å². The highest BCUT2D eigenvalue weighted by atomic mass is 16.3. The number of rotatable bonds is 1. The van der Waals surface area contributed by atoms with Gasteiger partial charge < -0.3 is 5.11 Å². The van der Waals surface area contributed by atoms with Crippen molar-refractivity contribution in [3.8, 4) is 5.75 Å². The van der Waals surface area contributed by atoms with E-state index in [-0.39, 0.29) is 5.41 Å². The van der Waals surface area contributed by atoms with Gasteiger partial charge in [0.1, 0.15) is 18.2 Å². The highest BCUT2D eigenvalue weighted by Crippen LogP contribution is 2.46. The normalized spacial score (nSPS) is 31.6. The number of fused-ring (bicyclic) bond motifs is 1. The topological polar surface area (TPSA) is 32.3 Å². The summed E-state index contributed by atoms with van der Waals surface area (Å²) in [6, 6.07) is 8.54. The highest BCUT2D eigenvalue weighted by Gasteiger charge is 2.45. The molecule has 2 aliphatic rings. The van der Waals surface area contributed by atoms with Gasteiger partial charge >= 0.3 is 0 Å². The third-order valence-electron chi connectivity index (χ3n) is 5.10. The molecule has 19 heavy (non-hydrogen) atoms. The van der Waals surface area contributed by atoms with Crippen molar-refractivity contribution in [2.24, 2.45) is 0 Å². The summed E-state index contributed by atoms with van der Waals surface area (Å²) >= 11 is 0. The van der Waals surface area contributed by atoms with E-state index in [4.69, 9.17) is 0 Å². The fraction of sp³-hybridized carbons (Fsp3) is 0.588. The lowest BCUT2D eigenvalue weighted by atomic mass is 9.64. The zero-order chi connectivity index (χ0) is 13.3. The van der Waals surface area contributed by atoms with E-state index in [1.165, 1.54) is 44.1 Å². The van der Waals surface area contributed by atoms with Crippen LogP contribution in [0.25, 0.3) is 0 Å². The number of nitrogens with one attached hydrogen (secondary N) is 1. The minimum Gasteiger partial charge on any atom is -0.508 e. The largest absolute Gasteiger partial charge is 0.508 e. The Kier molecular flexibility index (Phi) is 3.44. The number of aromatic hydroxyl groups is 1. The molecule has 102 valence electrons. The Morgan fingerprint density at radius 2 is 2.21 bits per heavy atom. The maximum absolute atomic E-state index is 9.83. The first-order valence-corrected chi connectivity index (χ1v) is 7.55. The van der Waals surface area contributed by atoms with E-state index in [1.54, 1.807) is 12.0 Å². The third-order valence-corrected chi connectivity index (χ3v) is 5.10. The van der Waals surface area contributed by atoms with Crippen LogP contribution in [-0.4, -0.2) is 17.7 Å². The molecule has 1 aromatic rings. The summed E-state index contributed by atoms with van der Waals surface area (Å²) < 4.78 is 0. The lowest BCUT2D eigenvalue weighted by Gasteiger charge is -2.43. The van der Waals surface area contributed by atoms with Gasteiger partial charge in [-0.3, -0.25) is 5.32 Å². The molecule has 0 bridgehead atoms. The predicted molar refractivity (Wildman–Crippen MR) is 78.2 cm³/mol. The van der Waals surface area contributed by atoms with Crippen LogP contribution in [0.15, 0.2) is 24.3 Å². The molecular formula is C17H24NO+. The third kappa shape index (κ3) is 2.34. The summed E-state index contributed by atoms with van der Waals surface area (Å²) in [6.07, 6.45) is 7.59. The van der Waals surface area contributed by atoms with Crippen LogP contribution in [0.5, 0.6) is 5.75 Å². The van der Waals surface area contributed by atoms with E-state index in [2.05, 4.69) is 18.3 Å². The molecule has 0 aromatic heterocycles. The summed E-state index contributed by atoms with van der Waals surface area (Å²) in [5.41, 5.74) is 1.56. The number of benzene rings is 1. The first-order chi connectivity index (χ1) is 9.21. The fourth-order valence-electron chi connectivity index (χ4n) is 3.96. The molecule has 1 heterocycles. The first kappa shape index (κ1) is 12.9. The molecule has 1 aliphatic carbocycles. The molecule has 1 aromatic carbocycles. The Morgan fingerprint density at radius 1 is 1.32 bits per heavy atom. The molecule has 2 N–H and O–H groups in total. The molecule has 1 saturated heterocycles. The maximum atomic E-state index is 9.83. The van der Waals surface area contributed by atoms with Gasteiger partial charge in [-0.2, -0.15) is 0 Å². The van der Waals surface area contributed by atoms with Crippen molar-refractivity contribution in [1.29, 1.82) is 0 Å². The van der Waals surface area contributed by atoms with Crippen LogP contribution >= 0.6 is 0 Å². The van der Waals surface area contributed by atoms with Crippen LogP contribution < -0.4 is 5.32 Å². The first-order valence-electron chi connectivity index (χ1n) is 7.55. The Morgan fingerprint density at radius 3 is 3.05 bits per heavy atom. The molecule has 1 saturated carbocycles. The maximum Gasteiger partial charge on any atom is 0.141 e. The standard InChI is InChI=1S/C17H23NO/c1-13-8-10-17(14-5-4-6-15(19)11-14)9-3-2-7-16(17)18-12-13/h4-6,11,16,18H,2-3,7-10,12H2,1H3/p+1/t16-,17+/m1/s1. The average Bonchev–Trinajstić information content (AvgIpc) is 2.60. The second kappa shape index (κ2) is 5.09. The van der Waals surface area contributed by atoms with Crippen LogP contribution in [0.3, 0.4) is 0 Å². The van der Waals surface area contributed by atoms with Crippen molar-refractivity contribution in [2.45, 2.75) is 56.9 Å². The van der Waals surface area contributed by atoms with Gasteiger partial charge in [-0.1, -0.05) is 25.0 Å². The monoisotopic (exact) mass is 258 g/mol. The second-order valence-electron chi connectivity index (χ2n) is 6.34. The molecule has 1 aliphatic heterocycles. The van der Waals surface area contributed by atoms with Gasteiger partial charge in [-0.15, -0.1) is 0 Å². The van der Waals surface area contributed by atoms with E-state index >= 15 is 0 Å². The lowest BCUT2D eigenvalue weighted by Crippen LogP contribution is -2.49. The van der Waals surface area contributed by atoms with E-state index in [9.17, 15) is 5.11 Å². The summed E-state index contributed by atoms with van der Waals surface area (Å²) in [5.74, 6) is 1.97. The van der Waals surface area contributed by atoms with Gasteiger partial charge in [0.15, 0.2) is 0 Å². The second-order valence-corrected chi connectivity index (χ2v) is 6.34. The van der Waals surface area contributed by atoms with Gasteiger partial charge in [0.25, 0.3) is 0 Å². The molecule has 0 amide bonds. The van der Waals surface area contributed by atoms with Crippen LogP contribution in [-0.2, 0) is 5.41 Å².